The Morgan fingerprint density at radius 2 is 1.76 bits per heavy atom. The van der Waals surface area contributed by atoms with Crippen molar-refractivity contribution in [3.63, 3.8) is 0 Å². The smallest absolute Gasteiger partial charge is 0.264 e. The molecular weight excluding hydrogens is 414 g/mol. The quantitative estimate of drug-likeness (QED) is 0.596. The predicted octanol–water partition coefficient (Wildman–Crippen LogP) is 2.49. The fraction of sp³-hybridized carbons (Fsp3) is 0.316. The molecule has 1 N–H and O–H groups in total. The van der Waals surface area contributed by atoms with Gasteiger partial charge in [0.1, 0.15) is 12.3 Å². The van der Waals surface area contributed by atoms with Crippen LogP contribution in [0.2, 0.25) is 0 Å². The molecule has 0 bridgehead atoms. The first kappa shape index (κ1) is 20.0. The van der Waals surface area contributed by atoms with E-state index in [0.717, 1.165) is 35.6 Å². The fourth-order valence-corrected chi connectivity index (χ4v) is 5.32. The van der Waals surface area contributed by atoms with Gasteiger partial charge in [-0.3, -0.25) is 4.18 Å². The summed E-state index contributed by atoms with van der Waals surface area (Å²) >= 11 is 0. The van der Waals surface area contributed by atoms with E-state index in [4.69, 9.17) is 4.18 Å². The monoisotopic (exact) mass is 435 g/mol. The molecule has 3 heterocycles. The number of nitrogens with zero attached hydrogens (tertiary/aromatic N) is 2. The number of rotatable bonds is 6. The van der Waals surface area contributed by atoms with Crippen LogP contribution in [0.4, 0.5) is 0 Å². The van der Waals surface area contributed by atoms with E-state index >= 15 is 0 Å². The van der Waals surface area contributed by atoms with E-state index < -0.39 is 20.1 Å². The van der Waals surface area contributed by atoms with Crippen molar-refractivity contribution < 1.29 is 21.0 Å². The Morgan fingerprint density at radius 3 is 2.41 bits per heavy atom. The Bertz CT molecular complexity index is 1240. The van der Waals surface area contributed by atoms with Gasteiger partial charge in [0.2, 0.25) is 10.0 Å². The standard InChI is InChI=1S/C19H21N3O5S2/c1-28(23,24)27-13-15-12-18-17(8-9-20-19(18)21-15)14-4-6-16(7-5-14)29(25,26)22-10-2-3-11-22/h4-9,12H,2-3,10-11,13H2,1H3,(H,20,21). The van der Waals surface area contributed by atoms with Crippen molar-refractivity contribution in [3.8, 4) is 11.1 Å². The molecule has 29 heavy (non-hydrogen) atoms. The van der Waals surface area contributed by atoms with Crippen molar-refractivity contribution in [1.82, 2.24) is 14.3 Å². The van der Waals surface area contributed by atoms with Crippen molar-refractivity contribution in [3.05, 3.63) is 48.3 Å². The number of aromatic amines is 1. The molecule has 0 unspecified atom stereocenters. The molecular formula is C19H21N3O5S2. The van der Waals surface area contributed by atoms with Gasteiger partial charge in [0.25, 0.3) is 10.1 Å². The SMILES string of the molecule is CS(=O)(=O)OCc1cc2c(-c3ccc(S(=O)(=O)N4CCCC4)cc3)ccnc2[nH]1. The van der Waals surface area contributed by atoms with E-state index in [1.165, 1.54) is 4.31 Å². The van der Waals surface area contributed by atoms with Gasteiger partial charge in [0.15, 0.2) is 0 Å². The van der Waals surface area contributed by atoms with Crippen LogP contribution >= 0.6 is 0 Å². The summed E-state index contributed by atoms with van der Waals surface area (Å²) in [4.78, 5) is 7.61. The zero-order valence-electron chi connectivity index (χ0n) is 15.8. The first-order valence-electron chi connectivity index (χ1n) is 9.16. The summed E-state index contributed by atoms with van der Waals surface area (Å²) in [6, 6.07) is 10.4. The normalized spacial score (nSPS) is 15.9. The van der Waals surface area contributed by atoms with Crippen molar-refractivity contribution in [2.75, 3.05) is 19.3 Å². The lowest BCUT2D eigenvalue weighted by Gasteiger charge is -2.15. The van der Waals surface area contributed by atoms with Crippen LogP contribution in [0.5, 0.6) is 0 Å². The Labute approximate surface area is 169 Å². The van der Waals surface area contributed by atoms with E-state index in [1.54, 1.807) is 36.5 Å². The second kappa shape index (κ2) is 7.52. The Balaban J connectivity index is 1.65. The average Bonchev–Trinajstić information content (AvgIpc) is 3.35. The minimum absolute atomic E-state index is 0.109. The molecule has 1 fully saturated rings. The molecule has 2 aromatic heterocycles. The summed E-state index contributed by atoms with van der Waals surface area (Å²) in [5, 5.41) is 0.801. The highest BCUT2D eigenvalue weighted by atomic mass is 32.2. The molecule has 0 aliphatic carbocycles. The van der Waals surface area contributed by atoms with Crippen molar-refractivity contribution in [2.45, 2.75) is 24.3 Å². The highest BCUT2D eigenvalue weighted by Crippen LogP contribution is 2.30. The zero-order valence-corrected chi connectivity index (χ0v) is 17.5. The molecule has 0 amide bonds. The summed E-state index contributed by atoms with van der Waals surface area (Å²) in [7, 11) is -7.01. The maximum absolute atomic E-state index is 12.7. The molecule has 1 aliphatic heterocycles. The van der Waals surface area contributed by atoms with Gasteiger partial charge >= 0.3 is 0 Å². The van der Waals surface area contributed by atoms with Crippen LogP contribution in [0.25, 0.3) is 22.2 Å². The number of benzene rings is 1. The summed E-state index contributed by atoms with van der Waals surface area (Å²) in [6.07, 6.45) is 4.43. The van der Waals surface area contributed by atoms with Gasteiger partial charge in [-0.15, -0.1) is 0 Å². The van der Waals surface area contributed by atoms with Crippen molar-refractivity contribution in [1.29, 1.82) is 0 Å². The first-order valence-corrected chi connectivity index (χ1v) is 12.4. The molecule has 0 saturated carbocycles. The molecule has 10 heteroatoms. The summed E-state index contributed by atoms with van der Waals surface area (Å²) in [6.45, 7) is 1.02. The lowest BCUT2D eigenvalue weighted by atomic mass is 10.0. The van der Waals surface area contributed by atoms with Crippen LogP contribution in [0.1, 0.15) is 18.5 Å². The summed E-state index contributed by atoms with van der Waals surface area (Å²) < 4.78 is 54.2. The summed E-state index contributed by atoms with van der Waals surface area (Å²) in [5.74, 6) is 0. The predicted molar refractivity (Wildman–Crippen MR) is 109 cm³/mol. The Morgan fingerprint density at radius 1 is 1.07 bits per heavy atom. The van der Waals surface area contributed by atoms with Gasteiger partial charge in [-0.1, -0.05) is 12.1 Å². The first-order chi connectivity index (χ1) is 13.7. The molecule has 1 saturated heterocycles. The van der Waals surface area contributed by atoms with Gasteiger partial charge in [0.05, 0.1) is 11.2 Å². The molecule has 0 spiro atoms. The fourth-order valence-electron chi connectivity index (χ4n) is 3.47. The molecule has 154 valence electrons. The number of H-pyrrole nitrogens is 1. The van der Waals surface area contributed by atoms with Crippen LogP contribution in [0, 0.1) is 0 Å². The van der Waals surface area contributed by atoms with Crippen LogP contribution in [0.3, 0.4) is 0 Å². The second-order valence-electron chi connectivity index (χ2n) is 7.02. The third kappa shape index (κ3) is 4.20. The second-order valence-corrected chi connectivity index (χ2v) is 10.6. The maximum atomic E-state index is 12.7. The molecule has 0 atom stereocenters. The minimum Gasteiger partial charge on any atom is -0.341 e. The van der Waals surface area contributed by atoms with Gasteiger partial charge in [-0.25, -0.2) is 13.4 Å². The number of pyridine rings is 1. The van der Waals surface area contributed by atoms with E-state index in [2.05, 4.69) is 9.97 Å². The van der Waals surface area contributed by atoms with Crippen LogP contribution in [0.15, 0.2) is 47.5 Å². The van der Waals surface area contributed by atoms with Gasteiger partial charge in [-0.05, 0) is 48.2 Å². The lowest BCUT2D eigenvalue weighted by Crippen LogP contribution is -2.27. The molecule has 3 aromatic rings. The van der Waals surface area contributed by atoms with Gasteiger partial charge in [0, 0.05) is 30.4 Å². The molecule has 1 aromatic carbocycles. The number of hydrogen-bond donors (Lipinski definition) is 1. The highest BCUT2D eigenvalue weighted by molar-refractivity contribution is 7.89. The molecule has 8 nitrogen and oxygen atoms in total. The Hall–Kier alpha value is -2.27. The Kier molecular flexibility index (Phi) is 5.19. The number of hydrogen-bond acceptors (Lipinski definition) is 6. The van der Waals surface area contributed by atoms with Gasteiger partial charge < -0.3 is 4.98 Å². The van der Waals surface area contributed by atoms with E-state index in [-0.39, 0.29) is 11.5 Å². The third-order valence-electron chi connectivity index (χ3n) is 4.88. The lowest BCUT2D eigenvalue weighted by molar-refractivity contribution is 0.308. The number of aromatic nitrogens is 2. The van der Waals surface area contributed by atoms with E-state index in [1.807, 2.05) is 6.07 Å². The minimum atomic E-state index is -3.55. The number of nitrogens with one attached hydrogen (secondary N) is 1. The van der Waals surface area contributed by atoms with Crippen LogP contribution < -0.4 is 0 Å². The zero-order chi connectivity index (χ0) is 20.6. The summed E-state index contributed by atoms with van der Waals surface area (Å²) in [5.41, 5.74) is 2.89. The number of sulfonamides is 1. The third-order valence-corrected chi connectivity index (χ3v) is 7.34. The van der Waals surface area contributed by atoms with Gasteiger partial charge in [-0.2, -0.15) is 12.7 Å². The topological polar surface area (TPSA) is 109 Å². The van der Waals surface area contributed by atoms with Crippen LogP contribution in [-0.4, -0.2) is 50.5 Å². The van der Waals surface area contributed by atoms with Crippen molar-refractivity contribution >= 4 is 31.2 Å². The highest BCUT2D eigenvalue weighted by Gasteiger charge is 2.27. The number of fused-ring (bicyclic) bond motifs is 1. The maximum Gasteiger partial charge on any atom is 0.264 e. The van der Waals surface area contributed by atoms with Crippen LogP contribution in [-0.2, 0) is 30.9 Å². The van der Waals surface area contributed by atoms with E-state index in [9.17, 15) is 16.8 Å². The molecule has 1 aliphatic rings. The van der Waals surface area contributed by atoms with E-state index in [0.29, 0.717) is 24.4 Å². The molecule has 4 rings (SSSR count). The molecule has 0 radical (unpaired) electrons. The van der Waals surface area contributed by atoms with Crippen molar-refractivity contribution in [2.24, 2.45) is 0 Å². The largest absolute Gasteiger partial charge is 0.341 e. The average molecular weight is 436 g/mol.